The third-order valence-electron chi connectivity index (χ3n) is 9.82. The van der Waals surface area contributed by atoms with Gasteiger partial charge in [0, 0.05) is 58.2 Å². The van der Waals surface area contributed by atoms with Gasteiger partial charge in [0.15, 0.2) is 17.9 Å². The Morgan fingerprint density at radius 2 is 1.67 bits per heavy atom. The highest BCUT2D eigenvalue weighted by Crippen LogP contribution is 2.34. The molecular formula is C41H60FN5O9S. The molecule has 0 spiro atoms. The highest BCUT2D eigenvalue weighted by Gasteiger charge is 2.48. The van der Waals surface area contributed by atoms with E-state index in [1.807, 2.05) is 26.8 Å². The number of methoxy groups -OCH3 is 3. The van der Waals surface area contributed by atoms with Gasteiger partial charge in [0.2, 0.25) is 5.91 Å². The van der Waals surface area contributed by atoms with E-state index in [1.54, 1.807) is 58.4 Å². The summed E-state index contributed by atoms with van der Waals surface area (Å²) in [6.45, 7) is 12.7. The van der Waals surface area contributed by atoms with Crippen LogP contribution in [0.4, 0.5) is 19.7 Å². The second-order valence-corrected chi connectivity index (χ2v) is 16.9. The molecule has 14 nitrogen and oxygen atoms in total. The van der Waals surface area contributed by atoms with Crippen molar-refractivity contribution in [2.75, 3.05) is 52.9 Å². The Morgan fingerprint density at radius 1 is 1.00 bits per heavy atom. The molecule has 0 bridgehead atoms. The fourth-order valence-electron chi connectivity index (χ4n) is 6.98. The molecule has 16 heteroatoms. The highest BCUT2D eigenvalue weighted by atomic mass is 32.1. The lowest BCUT2D eigenvalue weighted by molar-refractivity contribution is -0.138. The van der Waals surface area contributed by atoms with E-state index in [1.165, 1.54) is 19.2 Å². The lowest BCUT2D eigenvalue weighted by atomic mass is 9.79. The maximum atomic E-state index is 14.8. The Labute approximate surface area is 341 Å². The molecule has 1 aromatic carbocycles. The number of benzene rings is 1. The Kier molecular flexibility index (Phi) is 16.4. The number of hydrogen-bond donors (Lipinski definition) is 2. The van der Waals surface area contributed by atoms with Crippen LogP contribution in [0.5, 0.6) is 11.5 Å². The van der Waals surface area contributed by atoms with E-state index < -0.39 is 47.3 Å². The van der Waals surface area contributed by atoms with Crippen molar-refractivity contribution < 1.29 is 47.2 Å². The summed E-state index contributed by atoms with van der Waals surface area (Å²) in [5.74, 6) is -1.79. The van der Waals surface area contributed by atoms with Crippen LogP contribution in [0.2, 0.25) is 0 Å². The normalized spacial score (nSPS) is 19.4. The standard InChI is InChI=1S/C41H60FN5O9S/c1-40(2,3)55-38(49)46-20-17-26(18-21-46)25-54-31-23-43-19-16-27(31)22-44-34-28(12-10-15-32(51-7)52-8)24-47(39(50)56-41(4,5)6)37(48)33(34)36(57)45-30-14-11-13-29(42)35(30)53-9/h11,13-14,16,19,23,26,28,32-34,44H,10,12,15,17-18,20-22,24-25H2,1-9H3,(H,45,57). The maximum Gasteiger partial charge on any atom is 0.417 e. The molecule has 2 aliphatic rings. The fourth-order valence-corrected chi connectivity index (χ4v) is 7.33. The molecule has 2 aliphatic heterocycles. The molecule has 0 saturated carbocycles. The van der Waals surface area contributed by atoms with Gasteiger partial charge in [-0.3, -0.25) is 9.78 Å². The van der Waals surface area contributed by atoms with Crippen LogP contribution in [0.1, 0.15) is 79.2 Å². The molecule has 2 fully saturated rings. The largest absolute Gasteiger partial charge is 0.492 e. The number of aromatic nitrogens is 1. The summed E-state index contributed by atoms with van der Waals surface area (Å²) in [5.41, 5.74) is -0.371. The lowest BCUT2D eigenvalue weighted by Gasteiger charge is -2.43. The lowest BCUT2D eigenvalue weighted by Crippen LogP contribution is -2.62. The van der Waals surface area contributed by atoms with E-state index in [9.17, 15) is 18.8 Å². The summed E-state index contributed by atoms with van der Waals surface area (Å²) >= 11 is 5.94. The second kappa shape index (κ2) is 20.5. The quantitative estimate of drug-likeness (QED) is 0.141. The first-order chi connectivity index (χ1) is 26.9. The van der Waals surface area contributed by atoms with Crippen LogP contribution in [0.3, 0.4) is 0 Å². The van der Waals surface area contributed by atoms with Crippen molar-refractivity contribution in [1.82, 2.24) is 20.1 Å². The minimum absolute atomic E-state index is 0.0626. The number of carbonyl (C=O) groups is 3. The van der Waals surface area contributed by atoms with E-state index in [0.717, 1.165) is 23.3 Å². The van der Waals surface area contributed by atoms with Gasteiger partial charge in [0.05, 0.1) is 30.6 Å². The molecule has 2 N–H and O–H groups in total. The van der Waals surface area contributed by atoms with E-state index in [2.05, 4.69) is 15.6 Å². The number of nitrogens with one attached hydrogen (secondary N) is 2. The van der Waals surface area contributed by atoms with Crippen molar-refractivity contribution in [3.8, 4) is 11.5 Å². The molecular weight excluding hydrogens is 758 g/mol. The van der Waals surface area contributed by atoms with Crippen LogP contribution in [-0.2, 0) is 30.3 Å². The molecule has 316 valence electrons. The maximum absolute atomic E-state index is 14.8. The number of ether oxygens (including phenoxy) is 6. The number of anilines is 1. The molecule has 3 atom stereocenters. The van der Waals surface area contributed by atoms with Crippen molar-refractivity contribution in [2.45, 2.75) is 104 Å². The van der Waals surface area contributed by atoms with Crippen LogP contribution >= 0.6 is 12.2 Å². The van der Waals surface area contributed by atoms with Crippen molar-refractivity contribution in [2.24, 2.45) is 17.8 Å². The predicted molar refractivity (Wildman–Crippen MR) is 217 cm³/mol. The monoisotopic (exact) mass is 817 g/mol. The molecule has 1 aromatic heterocycles. The number of likely N-dealkylation sites (tertiary alicyclic amines) is 2. The van der Waals surface area contributed by atoms with E-state index in [-0.39, 0.29) is 47.4 Å². The Morgan fingerprint density at radius 3 is 2.30 bits per heavy atom. The number of rotatable bonds is 15. The van der Waals surface area contributed by atoms with Gasteiger partial charge >= 0.3 is 12.2 Å². The first-order valence-corrected chi connectivity index (χ1v) is 19.9. The number of nitrogens with zero attached hydrogens (tertiary/aromatic N) is 3. The Hall–Kier alpha value is -4.12. The molecule has 4 rings (SSSR count). The smallest absolute Gasteiger partial charge is 0.417 e. The van der Waals surface area contributed by atoms with Gasteiger partial charge < -0.3 is 44.0 Å². The van der Waals surface area contributed by atoms with Gasteiger partial charge in [-0.2, -0.15) is 0 Å². The molecule has 57 heavy (non-hydrogen) atoms. The SMILES string of the molecule is COc1c(F)cccc1NC(=S)C1C(=O)N(C(=O)OC(C)(C)C)CC(CCCC(OC)OC)C1NCc1ccncc1OCC1CCN(C(=O)OC(C)(C)C)CC1. The van der Waals surface area contributed by atoms with E-state index in [4.69, 9.17) is 40.6 Å². The Balaban J connectivity index is 1.58. The van der Waals surface area contributed by atoms with Gasteiger partial charge in [-0.25, -0.2) is 18.9 Å². The second-order valence-electron chi connectivity index (χ2n) is 16.4. The zero-order valence-corrected chi connectivity index (χ0v) is 35.5. The third-order valence-corrected chi connectivity index (χ3v) is 10.2. The van der Waals surface area contributed by atoms with Gasteiger partial charge in [-0.15, -0.1) is 0 Å². The zero-order chi connectivity index (χ0) is 41.9. The average molecular weight is 818 g/mol. The summed E-state index contributed by atoms with van der Waals surface area (Å²) in [6, 6.07) is 5.64. The minimum atomic E-state index is -1.07. The van der Waals surface area contributed by atoms with Gasteiger partial charge in [0.1, 0.15) is 22.9 Å². The molecule has 3 heterocycles. The summed E-state index contributed by atoms with van der Waals surface area (Å²) in [4.78, 5) is 47.9. The Bertz CT molecular complexity index is 1670. The van der Waals surface area contributed by atoms with Crippen LogP contribution in [-0.4, -0.2) is 109 Å². The fraction of sp³-hybridized carbons (Fsp3) is 0.634. The molecule has 3 amide bonds. The number of amides is 3. The van der Waals surface area contributed by atoms with Crippen LogP contribution < -0.4 is 20.1 Å². The molecule has 3 unspecified atom stereocenters. The third kappa shape index (κ3) is 13.2. The highest BCUT2D eigenvalue weighted by molar-refractivity contribution is 7.80. The van der Waals surface area contributed by atoms with Crippen LogP contribution in [0.15, 0.2) is 36.7 Å². The van der Waals surface area contributed by atoms with Crippen molar-refractivity contribution in [3.05, 3.63) is 48.0 Å². The number of para-hydroxylation sites is 1. The molecule has 0 radical (unpaired) electrons. The minimum Gasteiger partial charge on any atom is -0.492 e. The molecule has 2 aromatic rings. The van der Waals surface area contributed by atoms with Gasteiger partial charge in [0.25, 0.3) is 0 Å². The zero-order valence-electron chi connectivity index (χ0n) is 34.7. The summed E-state index contributed by atoms with van der Waals surface area (Å²) in [6.07, 6.45) is 5.14. The summed E-state index contributed by atoms with van der Waals surface area (Å²) < 4.78 is 48.5. The van der Waals surface area contributed by atoms with Crippen molar-refractivity contribution >= 4 is 41.0 Å². The number of imide groups is 1. The molecule has 2 saturated heterocycles. The first kappa shape index (κ1) is 45.6. The van der Waals surface area contributed by atoms with Crippen LogP contribution in [0, 0.1) is 23.6 Å². The number of halogens is 1. The number of thiocarbonyl (C=S) groups is 1. The van der Waals surface area contributed by atoms with Gasteiger partial charge in [-0.1, -0.05) is 18.3 Å². The van der Waals surface area contributed by atoms with E-state index in [0.29, 0.717) is 44.7 Å². The molecule has 0 aliphatic carbocycles. The van der Waals surface area contributed by atoms with Crippen molar-refractivity contribution in [1.29, 1.82) is 0 Å². The van der Waals surface area contributed by atoms with Crippen LogP contribution in [0.25, 0.3) is 0 Å². The number of carbonyl (C=O) groups excluding carboxylic acids is 3. The predicted octanol–water partition coefficient (Wildman–Crippen LogP) is 6.95. The number of pyridine rings is 1. The number of hydrogen-bond acceptors (Lipinski definition) is 12. The average Bonchev–Trinajstić information content (AvgIpc) is 3.14. The first-order valence-electron chi connectivity index (χ1n) is 19.4. The summed E-state index contributed by atoms with van der Waals surface area (Å²) in [7, 11) is 4.49. The topological polar surface area (TPSA) is 150 Å². The van der Waals surface area contributed by atoms with Crippen molar-refractivity contribution in [3.63, 3.8) is 0 Å². The van der Waals surface area contributed by atoms with Gasteiger partial charge in [-0.05, 0) is 104 Å². The van der Waals surface area contributed by atoms with E-state index >= 15 is 0 Å². The number of piperidine rings is 2. The summed E-state index contributed by atoms with van der Waals surface area (Å²) in [5, 5.41) is 6.66.